The van der Waals surface area contributed by atoms with Crippen molar-refractivity contribution in [2.45, 2.75) is 33.0 Å². The molecule has 0 aliphatic carbocycles. The molecule has 0 radical (unpaired) electrons. The Bertz CT molecular complexity index is 680. The van der Waals surface area contributed by atoms with Crippen LogP contribution in [0.15, 0.2) is 30.6 Å². The van der Waals surface area contributed by atoms with Crippen molar-refractivity contribution >= 4 is 5.91 Å². The van der Waals surface area contributed by atoms with Gasteiger partial charge < -0.3 is 9.64 Å². The van der Waals surface area contributed by atoms with Gasteiger partial charge in [0.15, 0.2) is 0 Å². The number of ether oxygens (including phenoxy) is 1. The van der Waals surface area contributed by atoms with Crippen LogP contribution in [0.1, 0.15) is 19.4 Å². The van der Waals surface area contributed by atoms with Gasteiger partial charge in [-0.15, -0.1) is 5.10 Å². The van der Waals surface area contributed by atoms with E-state index in [2.05, 4.69) is 32.6 Å². The summed E-state index contributed by atoms with van der Waals surface area (Å²) < 4.78 is 7.21. The molecule has 1 amide bonds. The van der Waals surface area contributed by atoms with Gasteiger partial charge in [-0.1, -0.05) is 12.1 Å². The molecule has 0 unspecified atom stereocenters. The van der Waals surface area contributed by atoms with Gasteiger partial charge in [0.2, 0.25) is 5.91 Å². The summed E-state index contributed by atoms with van der Waals surface area (Å²) >= 11 is 0. The molecule has 134 valence electrons. The van der Waals surface area contributed by atoms with Crippen LogP contribution in [0.25, 0.3) is 0 Å². The molecule has 0 saturated carbocycles. The monoisotopic (exact) mass is 344 g/mol. The van der Waals surface area contributed by atoms with Crippen LogP contribution in [-0.2, 0) is 17.9 Å². The van der Waals surface area contributed by atoms with E-state index in [1.807, 2.05) is 30.9 Å². The number of piperazine rings is 1. The maximum Gasteiger partial charge on any atom is 0.244 e. The smallest absolute Gasteiger partial charge is 0.244 e. The lowest BCUT2D eigenvalue weighted by Crippen LogP contribution is -2.49. The molecule has 8 nitrogen and oxygen atoms in total. The Morgan fingerprint density at radius 1 is 1.24 bits per heavy atom. The third-order valence-electron chi connectivity index (χ3n) is 4.09. The maximum atomic E-state index is 12.3. The summed E-state index contributed by atoms with van der Waals surface area (Å²) in [5, 5.41) is 10.8. The molecule has 0 spiro atoms. The van der Waals surface area contributed by atoms with Crippen LogP contribution in [0.4, 0.5) is 0 Å². The number of nitrogens with zero attached hydrogens (tertiary/aromatic N) is 6. The molecule has 0 bridgehead atoms. The molecule has 8 heteroatoms. The van der Waals surface area contributed by atoms with E-state index >= 15 is 0 Å². The van der Waals surface area contributed by atoms with E-state index in [1.165, 1.54) is 16.6 Å². The Labute approximate surface area is 147 Å². The maximum absolute atomic E-state index is 12.3. The lowest BCUT2D eigenvalue weighted by Gasteiger charge is -2.34. The van der Waals surface area contributed by atoms with Gasteiger partial charge in [-0.25, -0.2) is 4.68 Å². The molecule has 3 rings (SSSR count). The highest BCUT2D eigenvalue weighted by Crippen LogP contribution is 2.17. The van der Waals surface area contributed by atoms with Gasteiger partial charge in [-0.05, 0) is 42.0 Å². The standard InChI is InChI=1S/C17H24N6O2/c1-14(2)25-16-5-3-4-15(10-16)11-21-6-8-22(9-7-21)17(24)12-23-13-18-19-20-23/h3-5,10,13-14H,6-9,11-12H2,1-2H3. The summed E-state index contributed by atoms with van der Waals surface area (Å²) in [6.45, 7) is 8.28. The van der Waals surface area contributed by atoms with Crippen LogP contribution in [0.3, 0.4) is 0 Å². The van der Waals surface area contributed by atoms with Gasteiger partial charge in [-0.3, -0.25) is 9.69 Å². The molecule has 2 aromatic rings. The molecule has 1 fully saturated rings. The zero-order valence-electron chi connectivity index (χ0n) is 14.7. The predicted octanol–water partition coefficient (Wildman–Crippen LogP) is 0.805. The highest BCUT2D eigenvalue weighted by molar-refractivity contribution is 5.75. The van der Waals surface area contributed by atoms with Gasteiger partial charge in [0.05, 0.1) is 6.10 Å². The zero-order valence-corrected chi connectivity index (χ0v) is 14.7. The minimum atomic E-state index is 0.0549. The molecule has 1 aliphatic heterocycles. The molecule has 1 aromatic carbocycles. The fraction of sp³-hybridized carbons (Fsp3) is 0.529. The first kappa shape index (κ1) is 17.3. The van der Waals surface area contributed by atoms with E-state index in [0.29, 0.717) is 0 Å². The van der Waals surface area contributed by atoms with Crippen LogP contribution < -0.4 is 4.74 Å². The first-order valence-electron chi connectivity index (χ1n) is 8.56. The second-order valence-corrected chi connectivity index (χ2v) is 6.48. The Kier molecular flexibility index (Phi) is 5.60. The molecule has 1 saturated heterocycles. The normalized spacial score (nSPS) is 15.6. The topological polar surface area (TPSA) is 76.4 Å². The van der Waals surface area contributed by atoms with Gasteiger partial charge >= 0.3 is 0 Å². The minimum Gasteiger partial charge on any atom is -0.491 e. The van der Waals surface area contributed by atoms with Crippen LogP contribution in [0, 0.1) is 0 Å². The van der Waals surface area contributed by atoms with Crippen LogP contribution in [0.5, 0.6) is 5.75 Å². The van der Waals surface area contributed by atoms with Crippen LogP contribution in [0.2, 0.25) is 0 Å². The Morgan fingerprint density at radius 2 is 2.04 bits per heavy atom. The van der Waals surface area contributed by atoms with E-state index in [1.54, 1.807) is 0 Å². The number of amides is 1. The van der Waals surface area contributed by atoms with Crippen molar-refractivity contribution in [3.8, 4) is 5.75 Å². The number of carbonyl (C=O) groups is 1. The Hall–Kier alpha value is -2.48. The summed E-state index contributed by atoms with van der Waals surface area (Å²) in [5.74, 6) is 0.960. The first-order chi connectivity index (χ1) is 12.1. The average Bonchev–Trinajstić information content (AvgIpc) is 3.08. The van der Waals surface area contributed by atoms with E-state index in [4.69, 9.17) is 4.74 Å². The van der Waals surface area contributed by atoms with E-state index in [-0.39, 0.29) is 18.6 Å². The molecule has 0 N–H and O–H groups in total. The van der Waals surface area contributed by atoms with Crippen molar-refractivity contribution in [1.29, 1.82) is 0 Å². The summed E-state index contributed by atoms with van der Waals surface area (Å²) in [4.78, 5) is 16.5. The van der Waals surface area contributed by atoms with Gasteiger partial charge in [0.1, 0.15) is 18.6 Å². The molecule has 2 heterocycles. The lowest BCUT2D eigenvalue weighted by molar-refractivity contribution is -0.133. The lowest BCUT2D eigenvalue weighted by atomic mass is 10.2. The Morgan fingerprint density at radius 3 is 2.72 bits per heavy atom. The number of aromatic nitrogens is 4. The van der Waals surface area contributed by atoms with Crippen molar-refractivity contribution in [2.75, 3.05) is 26.2 Å². The highest BCUT2D eigenvalue weighted by atomic mass is 16.5. The zero-order chi connectivity index (χ0) is 17.6. The second kappa shape index (κ2) is 8.06. The molecule has 0 atom stereocenters. The van der Waals surface area contributed by atoms with E-state index in [9.17, 15) is 4.79 Å². The number of rotatable bonds is 6. The summed E-state index contributed by atoms with van der Waals surface area (Å²) in [6, 6.07) is 8.22. The molecule has 1 aliphatic rings. The van der Waals surface area contributed by atoms with Crippen molar-refractivity contribution in [2.24, 2.45) is 0 Å². The molecule has 1 aromatic heterocycles. The largest absolute Gasteiger partial charge is 0.491 e. The fourth-order valence-electron chi connectivity index (χ4n) is 2.89. The van der Waals surface area contributed by atoms with Crippen LogP contribution >= 0.6 is 0 Å². The number of hydrogen-bond donors (Lipinski definition) is 0. The molecular weight excluding hydrogens is 320 g/mol. The number of benzene rings is 1. The summed E-state index contributed by atoms with van der Waals surface area (Å²) in [5.41, 5.74) is 1.23. The first-order valence-corrected chi connectivity index (χ1v) is 8.56. The third-order valence-corrected chi connectivity index (χ3v) is 4.09. The predicted molar refractivity (Wildman–Crippen MR) is 91.9 cm³/mol. The third kappa shape index (κ3) is 4.99. The second-order valence-electron chi connectivity index (χ2n) is 6.48. The van der Waals surface area contributed by atoms with Gasteiger partial charge in [-0.2, -0.15) is 0 Å². The average molecular weight is 344 g/mol. The Balaban J connectivity index is 1.48. The highest BCUT2D eigenvalue weighted by Gasteiger charge is 2.21. The quantitative estimate of drug-likeness (QED) is 0.772. The number of tetrazole rings is 1. The van der Waals surface area contributed by atoms with E-state index < -0.39 is 0 Å². The number of hydrogen-bond acceptors (Lipinski definition) is 6. The van der Waals surface area contributed by atoms with Crippen molar-refractivity contribution < 1.29 is 9.53 Å². The summed E-state index contributed by atoms with van der Waals surface area (Å²) in [7, 11) is 0. The van der Waals surface area contributed by atoms with Crippen molar-refractivity contribution in [3.63, 3.8) is 0 Å². The van der Waals surface area contributed by atoms with Gasteiger partial charge in [0.25, 0.3) is 0 Å². The molecular formula is C17H24N6O2. The van der Waals surface area contributed by atoms with Crippen molar-refractivity contribution in [3.05, 3.63) is 36.2 Å². The minimum absolute atomic E-state index is 0.0549. The molecule has 25 heavy (non-hydrogen) atoms. The fourth-order valence-corrected chi connectivity index (χ4v) is 2.89. The SMILES string of the molecule is CC(C)Oc1cccc(CN2CCN(C(=O)Cn3cnnn3)CC2)c1. The van der Waals surface area contributed by atoms with Crippen LogP contribution in [-0.4, -0.2) is 68.2 Å². The van der Waals surface area contributed by atoms with Crippen molar-refractivity contribution in [1.82, 2.24) is 30.0 Å². The van der Waals surface area contributed by atoms with Gasteiger partial charge in [0, 0.05) is 32.7 Å². The van der Waals surface area contributed by atoms with E-state index in [0.717, 1.165) is 38.5 Å². The summed E-state index contributed by atoms with van der Waals surface area (Å²) in [6.07, 6.45) is 1.63. The number of carbonyl (C=O) groups excluding carboxylic acids is 1.